The number of benzene rings is 1. The van der Waals surface area contributed by atoms with Crippen LogP contribution in [0.5, 0.6) is 0 Å². The number of nitrogens with one attached hydrogen (secondary N) is 1. The van der Waals surface area contributed by atoms with E-state index in [4.69, 9.17) is 11.6 Å². The molecular weight excluding hydrogens is 266 g/mol. The molecule has 1 nitrogen and oxygen atoms in total. The van der Waals surface area contributed by atoms with Crippen molar-refractivity contribution in [3.8, 4) is 0 Å². The Morgan fingerprint density at radius 1 is 1.30 bits per heavy atom. The lowest BCUT2D eigenvalue weighted by atomic mass is 9.86. The van der Waals surface area contributed by atoms with Crippen LogP contribution in [-0.2, 0) is 6.42 Å². The van der Waals surface area contributed by atoms with Crippen LogP contribution < -0.4 is 5.32 Å². The number of hydrogen-bond acceptors (Lipinski definition) is 1. The maximum Gasteiger partial charge on any atom is 0.0408 e. The van der Waals surface area contributed by atoms with Gasteiger partial charge >= 0.3 is 0 Å². The average molecular weight is 294 g/mol. The van der Waals surface area contributed by atoms with Gasteiger partial charge in [0.15, 0.2) is 0 Å². The van der Waals surface area contributed by atoms with Crippen LogP contribution in [-0.4, -0.2) is 6.54 Å². The molecule has 20 heavy (non-hydrogen) atoms. The fourth-order valence-electron chi connectivity index (χ4n) is 3.14. The molecule has 1 unspecified atom stereocenters. The highest BCUT2D eigenvalue weighted by molar-refractivity contribution is 6.30. The number of rotatable bonds is 7. The van der Waals surface area contributed by atoms with Crippen molar-refractivity contribution in [3.63, 3.8) is 0 Å². The standard InChI is InChI=1S/C18H28ClN/c1-4-5-6-11-18(2,3)13-20-17-10-7-14-12-15(19)8-9-16(14)17/h8-9,12,17,20H,4-7,10-11,13H2,1-3H3. The number of aryl methyl sites for hydroxylation is 1. The summed E-state index contributed by atoms with van der Waals surface area (Å²) in [7, 11) is 0. The number of unbranched alkanes of at least 4 members (excludes halogenated alkanes) is 2. The molecule has 1 aliphatic rings. The van der Waals surface area contributed by atoms with Gasteiger partial charge in [0.25, 0.3) is 0 Å². The van der Waals surface area contributed by atoms with Gasteiger partial charge in [0.1, 0.15) is 0 Å². The van der Waals surface area contributed by atoms with Crippen molar-refractivity contribution in [1.82, 2.24) is 5.32 Å². The van der Waals surface area contributed by atoms with Gasteiger partial charge < -0.3 is 5.32 Å². The largest absolute Gasteiger partial charge is 0.309 e. The fraction of sp³-hybridized carbons (Fsp3) is 0.667. The van der Waals surface area contributed by atoms with E-state index in [0.29, 0.717) is 11.5 Å². The van der Waals surface area contributed by atoms with Crippen LogP contribution in [0.1, 0.15) is 70.0 Å². The topological polar surface area (TPSA) is 12.0 Å². The van der Waals surface area contributed by atoms with E-state index in [1.807, 2.05) is 6.07 Å². The minimum Gasteiger partial charge on any atom is -0.309 e. The molecule has 1 atom stereocenters. The van der Waals surface area contributed by atoms with E-state index < -0.39 is 0 Å². The molecule has 0 bridgehead atoms. The molecule has 1 N–H and O–H groups in total. The summed E-state index contributed by atoms with van der Waals surface area (Å²) in [5.74, 6) is 0. The Balaban J connectivity index is 1.87. The zero-order valence-electron chi connectivity index (χ0n) is 13.1. The lowest BCUT2D eigenvalue weighted by Gasteiger charge is -2.27. The molecule has 0 radical (unpaired) electrons. The first-order valence-electron chi connectivity index (χ1n) is 8.03. The summed E-state index contributed by atoms with van der Waals surface area (Å²) in [6.07, 6.45) is 7.69. The average Bonchev–Trinajstić information content (AvgIpc) is 2.79. The molecule has 1 aliphatic carbocycles. The Morgan fingerprint density at radius 3 is 2.85 bits per heavy atom. The smallest absolute Gasteiger partial charge is 0.0408 e. The maximum atomic E-state index is 6.07. The highest BCUT2D eigenvalue weighted by Crippen LogP contribution is 2.34. The van der Waals surface area contributed by atoms with Crippen molar-refractivity contribution >= 4 is 11.6 Å². The SMILES string of the molecule is CCCCCC(C)(C)CNC1CCc2cc(Cl)ccc21. The molecule has 112 valence electrons. The van der Waals surface area contributed by atoms with Gasteiger partial charge in [-0.25, -0.2) is 0 Å². The maximum absolute atomic E-state index is 6.07. The molecule has 0 saturated carbocycles. The molecule has 0 spiro atoms. The van der Waals surface area contributed by atoms with E-state index >= 15 is 0 Å². The molecule has 0 amide bonds. The van der Waals surface area contributed by atoms with Crippen molar-refractivity contribution in [2.24, 2.45) is 5.41 Å². The molecule has 2 heteroatoms. The van der Waals surface area contributed by atoms with E-state index in [1.54, 1.807) is 0 Å². The lowest BCUT2D eigenvalue weighted by Crippen LogP contribution is -2.31. The van der Waals surface area contributed by atoms with Gasteiger partial charge in [-0.15, -0.1) is 0 Å². The first-order valence-corrected chi connectivity index (χ1v) is 8.41. The van der Waals surface area contributed by atoms with Crippen LogP contribution in [0.15, 0.2) is 18.2 Å². The van der Waals surface area contributed by atoms with Gasteiger partial charge in [-0.05, 0) is 47.9 Å². The summed E-state index contributed by atoms with van der Waals surface area (Å²) in [5, 5.41) is 4.65. The Labute approximate surface area is 129 Å². The third-order valence-electron chi connectivity index (χ3n) is 4.47. The Kier molecular flexibility index (Phi) is 5.51. The van der Waals surface area contributed by atoms with Crippen molar-refractivity contribution < 1.29 is 0 Å². The van der Waals surface area contributed by atoms with Crippen LogP contribution >= 0.6 is 11.6 Å². The quantitative estimate of drug-likeness (QED) is 0.652. The van der Waals surface area contributed by atoms with Crippen molar-refractivity contribution in [3.05, 3.63) is 34.3 Å². The number of halogens is 1. The van der Waals surface area contributed by atoms with Crippen molar-refractivity contribution in [1.29, 1.82) is 0 Å². The first kappa shape index (κ1) is 15.9. The Morgan fingerprint density at radius 2 is 2.10 bits per heavy atom. The third kappa shape index (κ3) is 4.23. The zero-order valence-corrected chi connectivity index (χ0v) is 13.9. The fourth-order valence-corrected chi connectivity index (χ4v) is 3.33. The predicted octanol–water partition coefficient (Wildman–Crippen LogP) is 5.52. The molecule has 0 fully saturated rings. The van der Waals surface area contributed by atoms with Crippen LogP contribution in [0.25, 0.3) is 0 Å². The monoisotopic (exact) mass is 293 g/mol. The number of hydrogen-bond donors (Lipinski definition) is 1. The molecule has 2 rings (SSSR count). The van der Waals surface area contributed by atoms with E-state index in [0.717, 1.165) is 18.0 Å². The Bertz CT molecular complexity index is 439. The lowest BCUT2D eigenvalue weighted by molar-refractivity contribution is 0.287. The number of fused-ring (bicyclic) bond motifs is 1. The Hall–Kier alpha value is -0.530. The normalized spacial score (nSPS) is 18.3. The first-order chi connectivity index (χ1) is 9.52. The van der Waals surface area contributed by atoms with Crippen LogP contribution in [0.4, 0.5) is 0 Å². The van der Waals surface area contributed by atoms with Crippen molar-refractivity contribution in [2.75, 3.05) is 6.54 Å². The van der Waals surface area contributed by atoms with Gasteiger partial charge in [0.2, 0.25) is 0 Å². The van der Waals surface area contributed by atoms with E-state index in [1.165, 1.54) is 43.2 Å². The van der Waals surface area contributed by atoms with Gasteiger partial charge in [0, 0.05) is 17.6 Å². The van der Waals surface area contributed by atoms with Crippen molar-refractivity contribution in [2.45, 2.75) is 65.3 Å². The van der Waals surface area contributed by atoms with Crippen LogP contribution in [0, 0.1) is 5.41 Å². The van der Waals surface area contributed by atoms with E-state index in [2.05, 4.69) is 38.2 Å². The van der Waals surface area contributed by atoms with Gasteiger partial charge in [-0.1, -0.05) is 57.7 Å². The van der Waals surface area contributed by atoms with Gasteiger partial charge in [0.05, 0.1) is 0 Å². The summed E-state index contributed by atoms with van der Waals surface area (Å²) in [6, 6.07) is 6.87. The predicted molar refractivity (Wildman–Crippen MR) is 88.4 cm³/mol. The molecule has 1 aromatic rings. The second kappa shape index (κ2) is 6.95. The zero-order chi connectivity index (χ0) is 14.6. The van der Waals surface area contributed by atoms with Crippen LogP contribution in [0.3, 0.4) is 0 Å². The van der Waals surface area contributed by atoms with E-state index in [-0.39, 0.29) is 0 Å². The highest BCUT2D eigenvalue weighted by atomic mass is 35.5. The minimum atomic E-state index is 0.393. The molecule has 0 aromatic heterocycles. The molecule has 0 saturated heterocycles. The second-order valence-electron chi connectivity index (χ2n) is 6.94. The van der Waals surface area contributed by atoms with Gasteiger partial charge in [-0.3, -0.25) is 0 Å². The minimum absolute atomic E-state index is 0.393. The highest BCUT2D eigenvalue weighted by Gasteiger charge is 2.25. The molecule has 0 heterocycles. The molecule has 0 aliphatic heterocycles. The second-order valence-corrected chi connectivity index (χ2v) is 7.37. The van der Waals surface area contributed by atoms with E-state index in [9.17, 15) is 0 Å². The summed E-state index contributed by atoms with van der Waals surface area (Å²) < 4.78 is 0. The summed E-state index contributed by atoms with van der Waals surface area (Å²) >= 11 is 6.07. The molecule has 1 aromatic carbocycles. The third-order valence-corrected chi connectivity index (χ3v) is 4.70. The summed E-state index contributed by atoms with van der Waals surface area (Å²) in [6.45, 7) is 8.13. The summed E-state index contributed by atoms with van der Waals surface area (Å²) in [4.78, 5) is 0. The van der Waals surface area contributed by atoms with Gasteiger partial charge in [-0.2, -0.15) is 0 Å². The van der Waals surface area contributed by atoms with Crippen LogP contribution in [0.2, 0.25) is 5.02 Å². The molecular formula is C18H28ClN. The summed E-state index contributed by atoms with van der Waals surface area (Å²) in [5.41, 5.74) is 3.28.